The van der Waals surface area contributed by atoms with Gasteiger partial charge in [0.05, 0.1) is 5.52 Å². The zero-order chi connectivity index (χ0) is 21.2. The quantitative estimate of drug-likeness (QED) is 0.500. The van der Waals surface area contributed by atoms with Gasteiger partial charge >= 0.3 is 0 Å². The number of halogens is 1. The highest BCUT2D eigenvalue weighted by atomic mass is 35.5. The summed E-state index contributed by atoms with van der Waals surface area (Å²) in [5.74, 6) is 1.50. The topological polar surface area (TPSA) is 79.8 Å². The number of aryl methyl sites for hydroxylation is 1. The van der Waals surface area contributed by atoms with Gasteiger partial charge in [0.2, 0.25) is 5.82 Å². The van der Waals surface area contributed by atoms with Crippen molar-refractivity contribution in [1.82, 2.24) is 30.5 Å². The number of fused-ring (bicyclic) bond motifs is 1. The number of hydrogen-bond donors (Lipinski definition) is 1. The summed E-state index contributed by atoms with van der Waals surface area (Å²) in [6.07, 6.45) is 2.11. The molecule has 2 aromatic carbocycles. The number of pyridine rings is 1. The lowest BCUT2D eigenvalue weighted by atomic mass is 10.0. The molecule has 5 rings (SSSR count). The van der Waals surface area contributed by atoms with E-state index >= 15 is 0 Å². The molecule has 0 radical (unpaired) electrons. The molecule has 7 nitrogen and oxygen atoms in total. The average Bonchev–Trinajstić information content (AvgIpc) is 3.31. The van der Waals surface area contributed by atoms with E-state index in [4.69, 9.17) is 16.3 Å². The van der Waals surface area contributed by atoms with Gasteiger partial charge in [-0.15, -0.1) is 10.2 Å². The first-order valence-electron chi connectivity index (χ1n) is 10.4. The molecule has 0 unspecified atom stereocenters. The van der Waals surface area contributed by atoms with Crippen molar-refractivity contribution in [3.8, 4) is 17.1 Å². The number of rotatable bonds is 5. The van der Waals surface area contributed by atoms with Gasteiger partial charge in [0.1, 0.15) is 11.9 Å². The van der Waals surface area contributed by atoms with Crippen LogP contribution >= 0.6 is 11.6 Å². The smallest absolute Gasteiger partial charge is 0.204 e. The zero-order valence-electron chi connectivity index (χ0n) is 17.3. The zero-order valence-corrected chi connectivity index (χ0v) is 18.0. The number of benzene rings is 2. The molecular weight excluding hydrogens is 412 g/mol. The van der Waals surface area contributed by atoms with Gasteiger partial charge in [0, 0.05) is 47.4 Å². The van der Waals surface area contributed by atoms with E-state index in [2.05, 4.69) is 42.6 Å². The van der Waals surface area contributed by atoms with E-state index in [9.17, 15) is 0 Å². The van der Waals surface area contributed by atoms with Gasteiger partial charge in [0.25, 0.3) is 0 Å². The predicted octanol–water partition coefficient (Wildman–Crippen LogP) is 4.42. The molecule has 158 valence electrons. The number of H-pyrrole nitrogens is 1. The maximum absolute atomic E-state index is 6.43. The molecule has 1 fully saturated rings. The minimum atomic E-state index is 0.174. The summed E-state index contributed by atoms with van der Waals surface area (Å²) in [6, 6.07) is 16.0. The summed E-state index contributed by atoms with van der Waals surface area (Å²) in [5, 5.41) is 16.2. The molecule has 1 N–H and O–H groups in total. The van der Waals surface area contributed by atoms with Crippen molar-refractivity contribution in [1.29, 1.82) is 0 Å². The van der Waals surface area contributed by atoms with E-state index in [1.807, 2.05) is 43.3 Å². The second kappa shape index (κ2) is 8.61. The van der Waals surface area contributed by atoms with Crippen LogP contribution < -0.4 is 4.74 Å². The Balaban J connectivity index is 1.26. The first kappa shape index (κ1) is 19.9. The molecule has 0 aliphatic carbocycles. The molecule has 3 heterocycles. The van der Waals surface area contributed by atoms with Gasteiger partial charge in [-0.05, 0) is 48.7 Å². The van der Waals surface area contributed by atoms with Gasteiger partial charge < -0.3 is 4.74 Å². The van der Waals surface area contributed by atoms with Crippen LogP contribution in [-0.4, -0.2) is 49.7 Å². The van der Waals surface area contributed by atoms with Crippen molar-refractivity contribution < 1.29 is 4.74 Å². The molecule has 0 spiro atoms. The third-order valence-electron chi connectivity index (χ3n) is 5.69. The summed E-state index contributed by atoms with van der Waals surface area (Å²) < 4.78 is 6.43. The highest BCUT2D eigenvalue weighted by Crippen LogP contribution is 2.31. The Labute approximate surface area is 185 Å². The number of ether oxygens (including phenoxy) is 1. The Kier molecular flexibility index (Phi) is 5.53. The monoisotopic (exact) mass is 434 g/mol. The van der Waals surface area contributed by atoms with Gasteiger partial charge in [-0.3, -0.25) is 9.88 Å². The van der Waals surface area contributed by atoms with E-state index < -0.39 is 0 Å². The number of aromatic amines is 1. The van der Waals surface area contributed by atoms with Crippen LogP contribution in [0.15, 0.2) is 48.5 Å². The molecule has 31 heavy (non-hydrogen) atoms. The number of piperidine rings is 1. The Morgan fingerprint density at radius 1 is 1.13 bits per heavy atom. The predicted molar refractivity (Wildman–Crippen MR) is 120 cm³/mol. The maximum atomic E-state index is 6.43. The molecule has 0 bridgehead atoms. The fraction of sp³-hybridized carbons (Fsp3) is 0.304. The van der Waals surface area contributed by atoms with Crippen LogP contribution in [0, 0.1) is 6.92 Å². The van der Waals surface area contributed by atoms with Crippen molar-refractivity contribution in [3.63, 3.8) is 0 Å². The van der Waals surface area contributed by atoms with Crippen molar-refractivity contribution in [3.05, 3.63) is 64.8 Å². The van der Waals surface area contributed by atoms with Crippen molar-refractivity contribution in [2.75, 3.05) is 13.1 Å². The van der Waals surface area contributed by atoms with Crippen LogP contribution in [-0.2, 0) is 6.54 Å². The number of nitrogens with one attached hydrogen (secondary N) is 1. The lowest BCUT2D eigenvalue weighted by molar-refractivity contribution is 0.0980. The van der Waals surface area contributed by atoms with Gasteiger partial charge in [0.15, 0.2) is 0 Å². The van der Waals surface area contributed by atoms with Crippen LogP contribution in [0.1, 0.15) is 24.1 Å². The van der Waals surface area contributed by atoms with Crippen LogP contribution in [0.4, 0.5) is 0 Å². The lowest BCUT2D eigenvalue weighted by Crippen LogP contribution is -2.37. The van der Waals surface area contributed by atoms with E-state index in [1.165, 1.54) is 5.56 Å². The van der Waals surface area contributed by atoms with E-state index in [0.717, 1.165) is 60.4 Å². The van der Waals surface area contributed by atoms with Crippen LogP contribution in [0.2, 0.25) is 5.02 Å². The molecule has 2 aromatic heterocycles. The summed E-state index contributed by atoms with van der Waals surface area (Å²) >= 11 is 6.21. The third-order valence-corrected chi connectivity index (χ3v) is 5.92. The molecule has 0 atom stereocenters. The van der Waals surface area contributed by atoms with Crippen molar-refractivity contribution >= 4 is 22.5 Å². The minimum Gasteiger partial charge on any atom is -0.490 e. The molecule has 8 heteroatoms. The number of likely N-dealkylation sites (tertiary alicyclic amines) is 1. The minimum absolute atomic E-state index is 0.174. The largest absolute Gasteiger partial charge is 0.490 e. The SMILES string of the molecule is Cc1cc(OC2CCN(Cc3ccccc3-c3nn[nH]n3)CC2)c2cc(Cl)ccc2n1. The Hall–Kier alpha value is -3.03. The first-order chi connectivity index (χ1) is 15.2. The molecule has 4 aromatic rings. The normalized spacial score (nSPS) is 15.4. The highest BCUT2D eigenvalue weighted by Gasteiger charge is 2.22. The van der Waals surface area contributed by atoms with Gasteiger partial charge in [-0.1, -0.05) is 35.9 Å². The molecule has 1 saturated heterocycles. The molecule has 0 saturated carbocycles. The third kappa shape index (κ3) is 4.38. The summed E-state index contributed by atoms with van der Waals surface area (Å²) in [7, 11) is 0. The lowest BCUT2D eigenvalue weighted by Gasteiger charge is -2.32. The number of nitrogens with zero attached hydrogens (tertiary/aromatic N) is 5. The second-order valence-corrected chi connectivity index (χ2v) is 8.35. The Bertz CT molecular complexity index is 1190. The average molecular weight is 435 g/mol. The second-order valence-electron chi connectivity index (χ2n) is 7.91. The van der Waals surface area contributed by atoms with Gasteiger partial charge in [-0.2, -0.15) is 5.21 Å². The Morgan fingerprint density at radius 2 is 1.97 bits per heavy atom. The van der Waals surface area contributed by atoms with E-state index in [-0.39, 0.29) is 6.10 Å². The van der Waals surface area contributed by atoms with Crippen LogP contribution in [0.5, 0.6) is 5.75 Å². The van der Waals surface area contributed by atoms with Crippen molar-refractivity contribution in [2.45, 2.75) is 32.4 Å². The first-order valence-corrected chi connectivity index (χ1v) is 10.8. The Morgan fingerprint density at radius 3 is 2.77 bits per heavy atom. The molecule has 0 amide bonds. The number of tetrazole rings is 1. The number of hydrogen-bond acceptors (Lipinski definition) is 6. The van der Waals surface area contributed by atoms with Crippen LogP contribution in [0.3, 0.4) is 0 Å². The molecule has 1 aliphatic heterocycles. The fourth-order valence-corrected chi connectivity index (χ4v) is 4.32. The van der Waals surface area contributed by atoms with Crippen LogP contribution in [0.25, 0.3) is 22.3 Å². The summed E-state index contributed by atoms with van der Waals surface area (Å²) in [4.78, 5) is 7.04. The summed E-state index contributed by atoms with van der Waals surface area (Å²) in [6.45, 7) is 4.77. The highest BCUT2D eigenvalue weighted by molar-refractivity contribution is 6.31. The van der Waals surface area contributed by atoms with E-state index in [0.29, 0.717) is 10.8 Å². The summed E-state index contributed by atoms with van der Waals surface area (Å²) in [5.41, 5.74) is 4.08. The van der Waals surface area contributed by atoms with E-state index in [1.54, 1.807) is 0 Å². The van der Waals surface area contributed by atoms with Gasteiger partial charge in [-0.25, -0.2) is 0 Å². The van der Waals surface area contributed by atoms with Crippen molar-refractivity contribution in [2.24, 2.45) is 0 Å². The standard InChI is InChI=1S/C23H23ClN6O/c1-15-12-22(20-13-17(24)6-7-21(20)25-15)31-18-8-10-30(11-9-18)14-16-4-2-3-5-19(16)23-26-28-29-27-23/h2-7,12-13,18H,8-11,14H2,1H3,(H,26,27,28,29). The molecular formula is C23H23ClN6O. The number of aromatic nitrogens is 5. The maximum Gasteiger partial charge on any atom is 0.204 e. The fourth-order valence-electron chi connectivity index (χ4n) is 4.15. The molecule has 1 aliphatic rings.